The van der Waals surface area contributed by atoms with Crippen LogP contribution in [-0.4, -0.2) is 96.4 Å². The van der Waals surface area contributed by atoms with Crippen LogP contribution in [0.1, 0.15) is 23.2 Å². The Kier molecular flexibility index (Phi) is 8.22. The van der Waals surface area contributed by atoms with Gasteiger partial charge in [0.1, 0.15) is 29.9 Å². The molecule has 2 aliphatic heterocycles. The van der Waals surface area contributed by atoms with E-state index in [1.165, 1.54) is 47.8 Å². The van der Waals surface area contributed by atoms with Crippen LogP contribution in [0.4, 0.5) is 5.13 Å². The Morgan fingerprint density at radius 1 is 1.34 bits per heavy atom. The molecule has 0 bridgehead atoms. The van der Waals surface area contributed by atoms with E-state index >= 15 is 0 Å². The second-order valence-corrected chi connectivity index (χ2v) is 10.6. The number of carbonyl (C=O) groups excluding carboxylic acids is 3. The second-order valence-electron chi connectivity index (χ2n) is 7.63. The molecule has 2 aromatic heterocycles. The van der Waals surface area contributed by atoms with E-state index in [9.17, 15) is 24.3 Å². The smallest absolute Gasteiger partial charge is 0.377 e. The number of hydrogen-bond acceptors (Lipinski definition) is 14. The molecular formula is C20H22N8O7S3. The van der Waals surface area contributed by atoms with Gasteiger partial charge in [0.25, 0.3) is 17.6 Å². The lowest BCUT2D eigenvalue weighted by molar-refractivity contribution is -0.150. The van der Waals surface area contributed by atoms with E-state index in [4.69, 9.17) is 10.6 Å². The molecule has 2 atom stereocenters. The Labute approximate surface area is 227 Å². The molecule has 1 saturated heterocycles. The molecule has 15 nitrogen and oxygen atoms in total. The van der Waals surface area contributed by atoms with Gasteiger partial charge >= 0.3 is 11.9 Å². The first-order valence-electron chi connectivity index (χ1n) is 10.9. The molecule has 202 valence electrons. The van der Waals surface area contributed by atoms with Crippen LogP contribution in [0.15, 0.2) is 27.0 Å². The molecule has 18 heteroatoms. The first-order chi connectivity index (χ1) is 18.2. The minimum Gasteiger partial charge on any atom is -0.477 e. The summed E-state index contributed by atoms with van der Waals surface area (Å²) in [5.41, 5.74) is 6.01. The number of oxime groups is 1. The molecule has 0 aromatic carbocycles. The predicted octanol–water partition coefficient (Wildman–Crippen LogP) is 0.00470. The number of aromatic nitrogens is 4. The third-order valence-corrected chi connectivity index (χ3v) is 8.45. The van der Waals surface area contributed by atoms with Gasteiger partial charge in [-0.15, -0.1) is 28.2 Å². The van der Waals surface area contributed by atoms with Crippen molar-refractivity contribution in [3.05, 3.63) is 28.2 Å². The van der Waals surface area contributed by atoms with Crippen LogP contribution in [0, 0.1) is 0 Å². The van der Waals surface area contributed by atoms with Crippen molar-refractivity contribution in [3.8, 4) is 0 Å². The summed E-state index contributed by atoms with van der Waals surface area (Å²) in [5, 5.41) is 21.9. The Morgan fingerprint density at radius 2 is 2.11 bits per heavy atom. The van der Waals surface area contributed by atoms with Gasteiger partial charge in [0.15, 0.2) is 16.0 Å². The topological polar surface area (TPSA) is 204 Å². The van der Waals surface area contributed by atoms with Crippen molar-refractivity contribution in [2.75, 3.05) is 31.5 Å². The fraction of sp³-hybridized carbons (Fsp3) is 0.400. The molecule has 4 heterocycles. The van der Waals surface area contributed by atoms with Crippen LogP contribution >= 0.6 is 34.9 Å². The summed E-state index contributed by atoms with van der Waals surface area (Å²) in [7, 11) is 2.49. The van der Waals surface area contributed by atoms with Gasteiger partial charge in [-0.1, -0.05) is 16.9 Å². The van der Waals surface area contributed by atoms with E-state index in [1.54, 1.807) is 0 Å². The minimum absolute atomic E-state index is 0.101. The van der Waals surface area contributed by atoms with Gasteiger partial charge in [0, 0.05) is 23.4 Å². The number of β-lactam (4-membered cyclic amide) rings is 1. The molecule has 1 fully saturated rings. The van der Waals surface area contributed by atoms with Crippen molar-refractivity contribution < 1.29 is 33.9 Å². The van der Waals surface area contributed by atoms with Crippen LogP contribution < -0.4 is 11.1 Å². The number of thioether (sulfide) groups is 2. The molecule has 0 spiro atoms. The number of esters is 1. The lowest BCUT2D eigenvalue weighted by Crippen LogP contribution is -2.71. The number of thiazole rings is 1. The van der Waals surface area contributed by atoms with Crippen LogP contribution in [-0.2, 0) is 30.5 Å². The summed E-state index contributed by atoms with van der Waals surface area (Å²) in [6.07, 6.45) is 0. The van der Waals surface area contributed by atoms with Crippen LogP contribution in [0.2, 0.25) is 0 Å². The van der Waals surface area contributed by atoms with Crippen molar-refractivity contribution in [1.82, 2.24) is 30.0 Å². The maximum Gasteiger partial charge on any atom is 0.377 e. The normalized spacial score (nSPS) is 19.1. The Bertz CT molecular complexity index is 1350. The summed E-state index contributed by atoms with van der Waals surface area (Å²) >= 11 is 3.62. The lowest BCUT2D eigenvalue weighted by atomic mass is 10.0. The van der Waals surface area contributed by atoms with Gasteiger partial charge in [0.2, 0.25) is 0 Å². The van der Waals surface area contributed by atoms with Crippen molar-refractivity contribution >= 4 is 69.5 Å². The number of methoxy groups -OCH3 is 1. The fourth-order valence-electron chi connectivity index (χ4n) is 3.67. The average Bonchev–Trinajstić information content (AvgIpc) is 3.53. The quantitative estimate of drug-likeness (QED) is 0.111. The lowest BCUT2D eigenvalue weighted by Gasteiger charge is -2.49. The summed E-state index contributed by atoms with van der Waals surface area (Å²) in [6.45, 7) is 2.25. The number of carbonyl (C=O) groups is 4. The summed E-state index contributed by atoms with van der Waals surface area (Å²) in [6, 6.07) is -0.972. The van der Waals surface area contributed by atoms with Crippen LogP contribution in [0.3, 0.4) is 0 Å². The highest BCUT2D eigenvalue weighted by molar-refractivity contribution is 8.01. The molecule has 0 saturated carbocycles. The summed E-state index contributed by atoms with van der Waals surface area (Å²) < 4.78 is 6.16. The number of nitrogen functional groups attached to an aromatic ring is 1. The standard InChI is InChI=1S/C20H22N8O7S3/c1-4-27-20(24-13(25-27)18(33)34-2)38-6-8-5-36-16-11(15(30)28(16)12(8)17(31)32)23-14(29)10(26-35-3)9-7-37-19(21)22-9/h7,11,16H,4-6H2,1-3H3,(H2,21,22)(H,23,29)(H,31,32)/t11-,16-/m1/s1. The molecule has 38 heavy (non-hydrogen) atoms. The molecule has 2 aliphatic rings. The van der Waals surface area contributed by atoms with E-state index in [-0.39, 0.29) is 33.8 Å². The van der Waals surface area contributed by atoms with Gasteiger partial charge in [-0.2, -0.15) is 4.98 Å². The number of hydrogen-bond donors (Lipinski definition) is 3. The number of rotatable bonds is 10. The zero-order chi connectivity index (χ0) is 27.6. The maximum absolute atomic E-state index is 13.0. The minimum atomic E-state index is -1.27. The number of fused-ring (bicyclic) bond motifs is 1. The number of carboxylic acid groups (broad SMARTS) is 1. The number of nitrogens with zero attached hydrogens (tertiary/aromatic N) is 6. The first-order valence-corrected chi connectivity index (χ1v) is 13.8. The van der Waals surface area contributed by atoms with Gasteiger partial charge in [-0.05, 0) is 12.5 Å². The zero-order valence-electron chi connectivity index (χ0n) is 20.2. The molecule has 4 N–H and O–H groups in total. The second kappa shape index (κ2) is 11.4. The zero-order valence-corrected chi connectivity index (χ0v) is 22.7. The van der Waals surface area contributed by atoms with Crippen molar-refractivity contribution in [2.45, 2.75) is 30.0 Å². The molecule has 0 radical (unpaired) electrons. The van der Waals surface area contributed by atoms with Gasteiger partial charge in [-0.25, -0.2) is 19.3 Å². The number of nitrogens with one attached hydrogen (secondary N) is 1. The van der Waals surface area contributed by atoms with E-state index in [0.717, 1.165) is 16.2 Å². The number of aryl methyl sites for hydroxylation is 1. The highest BCUT2D eigenvalue weighted by Crippen LogP contribution is 2.41. The third kappa shape index (κ3) is 5.18. The number of carboxylic acids is 1. The maximum atomic E-state index is 13.0. The first kappa shape index (κ1) is 27.4. The van der Waals surface area contributed by atoms with Crippen molar-refractivity contribution in [1.29, 1.82) is 0 Å². The van der Waals surface area contributed by atoms with E-state index in [2.05, 4.69) is 30.3 Å². The largest absolute Gasteiger partial charge is 0.477 e. The predicted molar refractivity (Wildman–Crippen MR) is 138 cm³/mol. The van der Waals surface area contributed by atoms with Gasteiger partial charge < -0.3 is 25.7 Å². The molecular weight excluding hydrogens is 560 g/mol. The number of anilines is 1. The number of nitrogens with two attached hydrogens (primary N) is 1. The van der Waals surface area contributed by atoms with Gasteiger partial charge in [0.05, 0.1) is 7.11 Å². The van der Waals surface area contributed by atoms with E-state index < -0.39 is 35.2 Å². The van der Waals surface area contributed by atoms with E-state index in [0.29, 0.717) is 23.0 Å². The highest BCUT2D eigenvalue weighted by atomic mass is 32.2. The highest BCUT2D eigenvalue weighted by Gasteiger charge is 2.54. The Balaban J connectivity index is 1.50. The van der Waals surface area contributed by atoms with Crippen LogP contribution in [0.5, 0.6) is 0 Å². The Morgan fingerprint density at radius 3 is 2.71 bits per heavy atom. The fourth-order valence-corrected chi connectivity index (χ4v) is 6.70. The molecule has 4 rings (SSSR count). The van der Waals surface area contributed by atoms with Crippen molar-refractivity contribution in [2.24, 2.45) is 5.16 Å². The number of ether oxygens (including phenoxy) is 1. The number of aliphatic carboxylic acids is 1. The third-order valence-electron chi connectivity index (χ3n) is 5.38. The molecule has 0 aliphatic carbocycles. The molecule has 2 amide bonds. The summed E-state index contributed by atoms with van der Waals surface area (Å²) in [4.78, 5) is 63.9. The van der Waals surface area contributed by atoms with Crippen molar-refractivity contribution in [3.63, 3.8) is 0 Å². The SMILES string of the molecule is CCn1nc(C(=O)OC)nc1SCC1=C(C(=O)O)N2C(=O)[C@@H](NC(=O)C(=NOC)c3csc(N)n3)[C@H]2SC1. The molecule has 2 aromatic rings. The van der Waals surface area contributed by atoms with Crippen LogP contribution in [0.25, 0.3) is 0 Å². The summed E-state index contributed by atoms with van der Waals surface area (Å²) in [5.74, 6) is -2.85. The number of amides is 2. The Hall–Kier alpha value is -3.64. The van der Waals surface area contributed by atoms with Gasteiger partial charge in [-0.3, -0.25) is 14.5 Å². The van der Waals surface area contributed by atoms with E-state index in [1.807, 2.05) is 6.92 Å². The molecule has 0 unspecified atom stereocenters. The average molecular weight is 583 g/mol. The monoisotopic (exact) mass is 582 g/mol.